The van der Waals surface area contributed by atoms with Crippen LogP contribution in [0.2, 0.25) is 0 Å². The van der Waals surface area contributed by atoms with Gasteiger partial charge in [-0.3, -0.25) is 0 Å². The third-order valence-corrected chi connectivity index (χ3v) is 3.22. The lowest BCUT2D eigenvalue weighted by molar-refractivity contribution is 0.0692. The van der Waals surface area contributed by atoms with Crippen molar-refractivity contribution in [2.75, 3.05) is 25.2 Å². The summed E-state index contributed by atoms with van der Waals surface area (Å²) in [4.78, 5) is 10.9. The lowest BCUT2D eigenvalue weighted by atomic mass is 10.2. The molecular formula is C13H19NO3S. The van der Waals surface area contributed by atoms with Crippen LogP contribution in [0.1, 0.15) is 17.3 Å². The van der Waals surface area contributed by atoms with Crippen LogP contribution in [0.15, 0.2) is 24.3 Å². The van der Waals surface area contributed by atoms with Gasteiger partial charge in [0.05, 0.1) is 0 Å². The maximum absolute atomic E-state index is 10.9. The Balaban J connectivity index is 2.37. The number of nitrogens with one attached hydrogen (secondary N) is 1. The minimum absolute atomic E-state index is 0.203. The summed E-state index contributed by atoms with van der Waals surface area (Å²) in [6.45, 7) is 3.28. The molecule has 0 fully saturated rings. The number of benzene rings is 1. The van der Waals surface area contributed by atoms with Crippen LogP contribution in [0, 0.1) is 0 Å². The van der Waals surface area contributed by atoms with Crippen molar-refractivity contribution in [2.45, 2.75) is 13.0 Å². The molecule has 0 bridgehead atoms. The molecule has 1 aromatic carbocycles. The van der Waals surface area contributed by atoms with E-state index in [9.17, 15) is 4.79 Å². The molecule has 2 N–H and O–H groups in total. The number of carboxylic acids is 1. The summed E-state index contributed by atoms with van der Waals surface area (Å²) in [5.41, 5.74) is 0.203. The normalized spacial score (nSPS) is 12.1. The zero-order chi connectivity index (χ0) is 13.4. The second-order valence-corrected chi connectivity index (χ2v) is 4.87. The Bertz CT molecular complexity index is 384. The molecule has 1 rings (SSSR count). The quantitative estimate of drug-likeness (QED) is 0.708. The Hall–Kier alpha value is -1.20. The lowest BCUT2D eigenvalue weighted by Gasteiger charge is -2.13. The van der Waals surface area contributed by atoms with E-state index in [2.05, 4.69) is 18.5 Å². The highest BCUT2D eigenvalue weighted by atomic mass is 32.2. The van der Waals surface area contributed by atoms with E-state index >= 15 is 0 Å². The average molecular weight is 269 g/mol. The number of carbonyl (C=O) groups is 1. The van der Waals surface area contributed by atoms with Crippen LogP contribution in [0.4, 0.5) is 0 Å². The fourth-order valence-corrected chi connectivity index (χ4v) is 2.16. The molecule has 18 heavy (non-hydrogen) atoms. The van der Waals surface area contributed by atoms with Gasteiger partial charge in [-0.25, -0.2) is 4.79 Å². The molecule has 4 nitrogen and oxygen atoms in total. The summed E-state index contributed by atoms with van der Waals surface area (Å²) in [7, 11) is 0. The summed E-state index contributed by atoms with van der Waals surface area (Å²) < 4.78 is 5.48. The summed E-state index contributed by atoms with van der Waals surface area (Å²) in [6, 6.07) is 7.11. The van der Waals surface area contributed by atoms with Gasteiger partial charge >= 0.3 is 5.97 Å². The lowest BCUT2D eigenvalue weighted by Crippen LogP contribution is -2.32. The van der Waals surface area contributed by atoms with Crippen LogP contribution in [0.25, 0.3) is 0 Å². The monoisotopic (exact) mass is 269 g/mol. The average Bonchev–Trinajstić information content (AvgIpc) is 2.35. The first-order chi connectivity index (χ1) is 8.65. The first-order valence-corrected chi connectivity index (χ1v) is 7.22. The van der Waals surface area contributed by atoms with Gasteiger partial charge in [-0.1, -0.05) is 12.1 Å². The molecular weight excluding hydrogens is 250 g/mol. The molecule has 0 heterocycles. The van der Waals surface area contributed by atoms with Crippen molar-refractivity contribution < 1.29 is 14.6 Å². The molecule has 0 aliphatic carbocycles. The van der Waals surface area contributed by atoms with Crippen LogP contribution in [-0.4, -0.2) is 42.3 Å². The van der Waals surface area contributed by atoms with E-state index in [1.165, 1.54) is 0 Å². The van der Waals surface area contributed by atoms with E-state index in [1.54, 1.807) is 36.0 Å². The molecule has 0 amide bonds. The molecule has 0 saturated carbocycles. The molecule has 0 aliphatic heterocycles. The molecule has 0 aromatic heterocycles. The molecule has 100 valence electrons. The standard InChI is InChI=1S/C13H19NO3S/c1-10(9-18-2)14-7-8-17-12-6-4-3-5-11(12)13(15)16/h3-6,10,14H,7-9H2,1-2H3,(H,15,16). The second kappa shape index (κ2) is 8.00. The highest BCUT2D eigenvalue weighted by Crippen LogP contribution is 2.17. The van der Waals surface area contributed by atoms with Crippen molar-refractivity contribution >= 4 is 17.7 Å². The van der Waals surface area contributed by atoms with Crippen LogP contribution in [-0.2, 0) is 0 Å². The predicted molar refractivity (Wildman–Crippen MR) is 74.7 cm³/mol. The van der Waals surface area contributed by atoms with Gasteiger partial charge in [0.1, 0.15) is 17.9 Å². The molecule has 1 unspecified atom stereocenters. The van der Waals surface area contributed by atoms with E-state index in [4.69, 9.17) is 9.84 Å². The van der Waals surface area contributed by atoms with Crippen molar-refractivity contribution in [3.63, 3.8) is 0 Å². The molecule has 0 radical (unpaired) electrons. The maximum Gasteiger partial charge on any atom is 0.339 e. The molecule has 1 atom stereocenters. The zero-order valence-corrected chi connectivity index (χ0v) is 11.5. The third kappa shape index (κ3) is 4.98. The first-order valence-electron chi connectivity index (χ1n) is 5.82. The Morgan fingerprint density at radius 2 is 2.22 bits per heavy atom. The molecule has 5 heteroatoms. The van der Waals surface area contributed by atoms with E-state index < -0.39 is 5.97 Å². The number of hydrogen-bond donors (Lipinski definition) is 2. The van der Waals surface area contributed by atoms with Gasteiger partial charge in [-0.05, 0) is 25.3 Å². The van der Waals surface area contributed by atoms with Crippen molar-refractivity contribution in [2.24, 2.45) is 0 Å². The Morgan fingerprint density at radius 3 is 2.89 bits per heavy atom. The minimum atomic E-state index is -0.964. The minimum Gasteiger partial charge on any atom is -0.491 e. The van der Waals surface area contributed by atoms with E-state index in [-0.39, 0.29) is 5.56 Å². The zero-order valence-electron chi connectivity index (χ0n) is 10.7. The fourth-order valence-electron chi connectivity index (χ4n) is 1.54. The molecule has 1 aromatic rings. The van der Waals surface area contributed by atoms with Gasteiger partial charge in [-0.2, -0.15) is 11.8 Å². The van der Waals surface area contributed by atoms with Crippen LogP contribution in [0.3, 0.4) is 0 Å². The predicted octanol–water partition coefficient (Wildman–Crippen LogP) is 2.10. The van der Waals surface area contributed by atoms with Gasteiger partial charge in [0.25, 0.3) is 0 Å². The Kier molecular flexibility index (Phi) is 6.60. The van der Waals surface area contributed by atoms with Crippen molar-refractivity contribution in [1.82, 2.24) is 5.32 Å². The maximum atomic E-state index is 10.9. The summed E-state index contributed by atoms with van der Waals surface area (Å²) in [6.07, 6.45) is 2.07. The van der Waals surface area contributed by atoms with E-state index in [0.29, 0.717) is 24.9 Å². The Morgan fingerprint density at radius 1 is 1.50 bits per heavy atom. The molecule has 0 spiro atoms. The molecule has 0 saturated heterocycles. The summed E-state index contributed by atoms with van der Waals surface area (Å²) in [5.74, 6) is 0.504. The first kappa shape index (κ1) is 14.9. The van der Waals surface area contributed by atoms with Crippen molar-refractivity contribution in [3.8, 4) is 5.75 Å². The van der Waals surface area contributed by atoms with Gasteiger partial charge in [0.15, 0.2) is 0 Å². The number of rotatable bonds is 8. The second-order valence-electron chi connectivity index (χ2n) is 3.96. The highest BCUT2D eigenvalue weighted by molar-refractivity contribution is 7.98. The largest absolute Gasteiger partial charge is 0.491 e. The number of ether oxygens (including phenoxy) is 1. The van der Waals surface area contributed by atoms with Gasteiger partial charge < -0.3 is 15.2 Å². The van der Waals surface area contributed by atoms with Crippen molar-refractivity contribution in [3.05, 3.63) is 29.8 Å². The number of hydrogen-bond acceptors (Lipinski definition) is 4. The van der Waals surface area contributed by atoms with Gasteiger partial charge in [0, 0.05) is 18.3 Å². The summed E-state index contributed by atoms with van der Waals surface area (Å²) >= 11 is 1.79. The number of aromatic carboxylic acids is 1. The van der Waals surface area contributed by atoms with E-state index in [1.807, 2.05) is 0 Å². The Labute approximate surface area is 112 Å². The van der Waals surface area contributed by atoms with Crippen molar-refractivity contribution in [1.29, 1.82) is 0 Å². The SMILES string of the molecule is CSCC(C)NCCOc1ccccc1C(=O)O. The topological polar surface area (TPSA) is 58.6 Å². The van der Waals surface area contributed by atoms with Gasteiger partial charge in [0.2, 0.25) is 0 Å². The van der Waals surface area contributed by atoms with Crippen LogP contribution in [0.5, 0.6) is 5.75 Å². The smallest absolute Gasteiger partial charge is 0.339 e. The number of carboxylic acid groups (broad SMARTS) is 1. The van der Waals surface area contributed by atoms with Gasteiger partial charge in [-0.15, -0.1) is 0 Å². The number of thioether (sulfide) groups is 1. The number of para-hydroxylation sites is 1. The summed E-state index contributed by atoms with van der Waals surface area (Å²) in [5, 5.41) is 12.3. The third-order valence-electron chi connectivity index (χ3n) is 2.39. The molecule has 0 aliphatic rings. The highest BCUT2D eigenvalue weighted by Gasteiger charge is 2.09. The van der Waals surface area contributed by atoms with E-state index in [0.717, 1.165) is 5.75 Å². The van der Waals surface area contributed by atoms with Crippen LogP contribution < -0.4 is 10.1 Å². The fraction of sp³-hybridized carbons (Fsp3) is 0.462. The van der Waals surface area contributed by atoms with Crippen LogP contribution >= 0.6 is 11.8 Å².